The third kappa shape index (κ3) is 2.51. The molecule has 1 N–H and O–H groups in total. The fourth-order valence-electron chi connectivity index (χ4n) is 3.84. The van der Waals surface area contributed by atoms with Gasteiger partial charge in [-0.05, 0) is 44.1 Å². The number of hydrogen-bond acceptors (Lipinski definition) is 3. The van der Waals surface area contributed by atoms with Crippen molar-refractivity contribution in [3.8, 4) is 0 Å². The van der Waals surface area contributed by atoms with Crippen LogP contribution in [0.15, 0.2) is 0 Å². The van der Waals surface area contributed by atoms with Crippen LogP contribution in [0.25, 0.3) is 0 Å². The van der Waals surface area contributed by atoms with E-state index < -0.39 is 0 Å². The number of fused-ring (bicyclic) bond motifs is 1. The number of hydrogen-bond donors (Lipinski definition) is 1. The molecule has 0 aromatic rings. The first-order valence-electron chi connectivity index (χ1n) is 7.25. The van der Waals surface area contributed by atoms with E-state index >= 15 is 0 Å². The lowest BCUT2D eigenvalue weighted by atomic mass is 9.81. The van der Waals surface area contributed by atoms with Gasteiger partial charge in [-0.1, -0.05) is 6.42 Å². The van der Waals surface area contributed by atoms with Crippen LogP contribution in [-0.4, -0.2) is 39.5 Å². The monoisotopic (exact) mass is 239 g/mol. The Morgan fingerprint density at radius 1 is 1.24 bits per heavy atom. The van der Waals surface area contributed by atoms with Crippen LogP contribution in [0.1, 0.15) is 32.1 Å². The molecule has 2 atom stereocenters. The molecule has 17 heavy (non-hydrogen) atoms. The molecule has 0 aromatic carbocycles. The Bertz CT molecular complexity index is 241. The van der Waals surface area contributed by atoms with Gasteiger partial charge >= 0.3 is 0 Å². The molecule has 3 fully saturated rings. The topological polar surface area (TPSA) is 30.5 Å². The average molecular weight is 239 g/mol. The van der Waals surface area contributed by atoms with Gasteiger partial charge in [0.05, 0.1) is 6.61 Å². The van der Waals surface area contributed by atoms with E-state index in [-0.39, 0.29) is 0 Å². The van der Waals surface area contributed by atoms with Gasteiger partial charge in [-0.2, -0.15) is 0 Å². The molecule has 2 heterocycles. The molecule has 0 radical (unpaired) electrons. The molecule has 1 saturated carbocycles. The van der Waals surface area contributed by atoms with E-state index in [0.29, 0.717) is 5.41 Å². The van der Waals surface area contributed by atoms with Gasteiger partial charge in [-0.25, -0.2) is 0 Å². The highest BCUT2D eigenvalue weighted by molar-refractivity contribution is 4.99. The van der Waals surface area contributed by atoms with Gasteiger partial charge in [0, 0.05) is 31.8 Å². The van der Waals surface area contributed by atoms with Crippen LogP contribution >= 0.6 is 0 Å². The van der Waals surface area contributed by atoms with E-state index in [9.17, 15) is 0 Å². The normalized spacial score (nSPS) is 38.5. The van der Waals surface area contributed by atoms with E-state index in [0.717, 1.165) is 38.3 Å². The summed E-state index contributed by atoms with van der Waals surface area (Å²) < 4.78 is 11.4. The Labute approximate surface area is 104 Å². The van der Waals surface area contributed by atoms with Crippen molar-refractivity contribution in [3.05, 3.63) is 0 Å². The smallest absolute Gasteiger partial charge is 0.0537 e. The zero-order valence-electron chi connectivity index (χ0n) is 10.7. The third-order valence-electron chi connectivity index (χ3n) is 5.05. The van der Waals surface area contributed by atoms with E-state index in [1.165, 1.54) is 45.2 Å². The summed E-state index contributed by atoms with van der Waals surface area (Å²) in [6.07, 6.45) is 6.57. The molecule has 1 aliphatic carbocycles. The van der Waals surface area contributed by atoms with Gasteiger partial charge in [0.15, 0.2) is 0 Å². The van der Waals surface area contributed by atoms with Gasteiger partial charge in [0.1, 0.15) is 0 Å². The van der Waals surface area contributed by atoms with Crippen molar-refractivity contribution < 1.29 is 9.47 Å². The van der Waals surface area contributed by atoms with Crippen molar-refractivity contribution in [2.24, 2.45) is 17.3 Å². The Hall–Kier alpha value is -0.120. The van der Waals surface area contributed by atoms with Gasteiger partial charge in [-0.15, -0.1) is 0 Å². The minimum atomic E-state index is 0.491. The zero-order chi connectivity index (χ0) is 11.6. The third-order valence-corrected chi connectivity index (χ3v) is 5.05. The van der Waals surface area contributed by atoms with Crippen molar-refractivity contribution in [1.82, 2.24) is 5.32 Å². The lowest BCUT2D eigenvalue weighted by molar-refractivity contribution is -0.0107. The summed E-state index contributed by atoms with van der Waals surface area (Å²) in [7, 11) is 0. The van der Waals surface area contributed by atoms with Crippen molar-refractivity contribution in [2.45, 2.75) is 32.1 Å². The summed E-state index contributed by atoms with van der Waals surface area (Å²) in [6.45, 7) is 6.22. The first-order chi connectivity index (χ1) is 8.39. The average Bonchev–Trinajstić information content (AvgIpc) is 2.89. The summed E-state index contributed by atoms with van der Waals surface area (Å²) in [6, 6.07) is 0. The Kier molecular flexibility index (Phi) is 3.69. The highest BCUT2D eigenvalue weighted by atomic mass is 16.5. The predicted molar refractivity (Wildman–Crippen MR) is 67.0 cm³/mol. The number of ether oxygens (including phenoxy) is 2. The first kappa shape index (κ1) is 11.9. The minimum absolute atomic E-state index is 0.491. The van der Waals surface area contributed by atoms with E-state index in [1.807, 2.05) is 0 Å². The van der Waals surface area contributed by atoms with Gasteiger partial charge < -0.3 is 14.8 Å². The molecule has 0 bridgehead atoms. The molecule has 3 aliphatic rings. The Balaban J connectivity index is 1.44. The van der Waals surface area contributed by atoms with Gasteiger partial charge in [-0.3, -0.25) is 0 Å². The molecule has 0 spiro atoms. The summed E-state index contributed by atoms with van der Waals surface area (Å²) in [5.74, 6) is 1.63. The SMILES string of the molecule is C1C[C@H]2CNC[C@@]2(COCC2CCOCC2)C1. The molecule has 2 aliphatic heterocycles. The molecule has 2 saturated heterocycles. The van der Waals surface area contributed by atoms with Crippen LogP contribution in [0.5, 0.6) is 0 Å². The summed E-state index contributed by atoms with van der Waals surface area (Å²) in [5.41, 5.74) is 0.491. The molecular formula is C14H25NO2. The molecular weight excluding hydrogens is 214 g/mol. The fourth-order valence-corrected chi connectivity index (χ4v) is 3.84. The molecule has 98 valence electrons. The number of nitrogens with one attached hydrogen (secondary N) is 1. The van der Waals surface area contributed by atoms with Crippen molar-refractivity contribution in [3.63, 3.8) is 0 Å². The summed E-state index contributed by atoms with van der Waals surface area (Å²) in [4.78, 5) is 0. The van der Waals surface area contributed by atoms with Crippen LogP contribution in [0.4, 0.5) is 0 Å². The maximum atomic E-state index is 6.07. The van der Waals surface area contributed by atoms with Crippen LogP contribution in [0, 0.1) is 17.3 Å². The van der Waals surface area contributed by atoms with Crippen LogP contribution in [0.2, 0.25) is 0 Å². The van der Waals surface area contributed by atoms with Gasteiger partial charge in [0.2, 0.25) is 0 Å². The molecule has 0 unspecified atom stereocenters. The van der Waals surface area contributed by atoms with Crippen molar-refractivity contribution in [2.75, 3.05) is 39.5 Å². The second-order valence-electron chi connectivity index (χ2n) is 6.15. The Morgan fingerprint density at radius 2 is 2.12 bits per heavy atom. The van der Waals surface area contributed by atoms with E-state index in [1.54, 1.807) is 0 Å². The molecule has 3 heteroatoms. The maximum absolute atomic E-state index is 6.07. The van der Waals surface area contributed by atoms with Gasteiger partial charge in [0.25, 0.3) is 0 Å². The Morgan fingerprint density at radius 3 is 3.00 bits per heavy atom. The predicted octanol–water partition coefficient (Wildman–Crippen LogP) is 1.82. The highest BCUT2D eigenvalue weighted by Gasteiger charge is 2.46. The van der Waals surface area contributed by atoms with Crippen LogP contribution in [-0.2, 0) is 9.47 Å². The van der Waals surface area contributed by atoms with Crippen molar-refractivity contribution >= 4 is 0 Å². The molecule has 0 amide bonds. The second-order valence-corrected chi connectivity index (χ2v) is 6.15. The standard InChI is InChI=1S/C14H25NO2/c1-2-13-8-15-10-14(13,5-1)11-17-9-12-3-6-16-7-4-12/h12-13,15H,1-11H2/t13-,14+/m0/s1. The molecule has 3 nitrogen and oxygen atoms in total. The molecule has 3 rings (SSSR count). The first-order valence-corrected chi connectivity index (χ1v) is 7.25. The zero-order valence-corrected chi connectivity index (χ0v) is 10.7. The van der Waals surface area contributed by atoms with Crippen LogP contribution in [0.3, 0.4) is 0 Å². The largest absolute Gasteiger partial charge is 0.381 e. The maximum Gasteiger partial charge on any atom is 0.0537 e. The highest BCUT2D eigenvalue weighted by Crippen LogP contribution is 2.45. The lowest BCUT2D eigenvalue weighted by Gasteiger charge is -2.29. The van der Waals surface area contributed by atoms with Crippen molar-refractivity contribution in [1.29, 1.82) is 0 Å². The fraction of sp³-hybridized carbons (Fsp3) is 1.00. The van der Waals surface area contributed by atoms with E-state index in [4.69, 9.17) is 9.47 Å². The summed E-state index contributed by atoms with van der Waals surface area (Å²) >= 11 is 0. The minimum Gasteiger partial charge on any atom is -0.381 e. The lowest BCUT2D eigenvalue weighted by Crippen LogP contribution is -2.32. The van der Waals surface area contributed by atoms with Crippen LogP contribution < -0.4 is 5.32 Å². The van der Waals surface area contributed by atoms with E-state index in [2.05, 4.69) is 5.32 Å². The summed E-state index contributed by atoms with van der Waals surface area (Å²) in [5, 5.41) is 3.55. The molecule has 0 aromatic heterocycles. The second kappa shape index (κ2) is 5.25. The number of rotatable bonds is 4. The quantitative estimate of drug-likeness (QED) is 0.812.